The molecule has 0 radical (unpaired) electrons. The number of hydrazone groups is 1. The Bertz CT molecular complexity index is 776. The van der Waals surface area contributed by atoms with E-state index >= 15 is 0 Å². The highest BCUT2D eigenvalue weighted by Crippen LogP contribution is 2.12. The predicted molar refractivity (Wildman–Crippen MR) is 81.9 cm³/mol. The summed E-state index contributed by atoms with van der Waals surface area (Å²) in [4.78, 5) is 26.4. The summed E-state index contributed by atoms with van der Waals surface area (Å²) >= 11 is 0. The van der Waals surface area contributed by atoms with Crippen molar-refractivity contribution in [1.29, 1.82) is 0 Å². The van der Waals surface area contributed by atoms with Crippen LogP contribution in [-0.2, 0) is 6.42 Å². The average Bonchev–Trinajstić information content (AvgIpc) is 2.50. The van der Waals surface area contributed by atoms with Gasteiger partial charge in [0, 0.05) is 30.6 Å². The molecular formula is C15H12F2N4O3. The van der Waals surface area contributed by atoms with Crippen LogP contribution in [0.3, 0.4) is 0 Å². The van der Waals surface area contributed by atoms with Gasteiger partial charge in [0.1, 0.15) is 11.6 Å². The first-order valence-corrected chi connectivity index (χ1v) is 6.67. The SMILES string of the molecule is O=C(NN=CCc1ncccc1C(=O)O)Nc1cc(F)cc(F)c1. The number of carboxylic acids is 1. The van der Waals surface area contributed by atoms with E-state index in [9.17, 15) is 18.4 Å². The number of nitrogens with zero attached hydrogens (tertiary/aromatic N) is 2. The molecule has 1 heterocycles. The molecule has 0 saturated heterocycles. The molecule has 2 amide bonds. The molecule has 0 spiro atoms. The zero-order valence-corrected chi connectivity index (χ0v) is 12.2. The van der Waals surface area contributed by atoms with Crippen molar-refractivity contribution in [2.24, 2.45) is 5.10 Å². The number of aromatic nitrogens is 1. The fourth-order valence-corrected chi connectivity index (χ4v) is 1.82. The molecular weight excluding hydrogens is 322 g/mol. The molecule has 0 aliphatic carbocycles. The maximum atomic E-state index is 13.0. The number of hydrogen-bond donors (Lipinski definition) is 3. The number of amides is 2. The third-order valence-corrected chi connectivity index (χ3v) is 2.78. The molecule has 0 unspecified atom stereocenters. The van der Waals surface area contributed by atoms with Crippen LogP contribution in [0.4, 0.5) is 19.3 Å². The third-order valence-electron chi connectivity index (χ3n) is 2.78. The van der Waals surface area contributed by atoms with Crippen molar-refractivity contribution in [3.05, 3.63) is 59.4 Å². The molecule has 7 nitrogen and oxygen atoms in total. The summed E-state index contributed by atoms with van der Waals surface area (Å²) in [5.41, 5.74) is 2.33. The number of carboxylic acid groups (broad SMARTS) is 1. The van der Waals surface area contributed by atoms with Crippen LogP contribution < -0.4 is 10.7 Å². The van der Waals surface area contributed by atoms with Crippen molar-refractivity contribution >= 4 is 23.9 Å². The van der Waals surface area contributed by atoms with E-state index in [-0.39, 0.29) is 23.4 Å². The number of carbonyl (C=O) groups excluding carboxylic acids is 1. The van der Waals surface area contributed by atoms with E-state index in [0.29, 0.717) is 6.07 Å². The summed E-state index contributed by atoms with van der Waals surface area (Å²) in [6, 6.07) is 4.65. The first-order valence-electron chi connectivity index (χ1n) is 6.67. The lowest BCUT2D eigenvalue weighted by Gasteiger charge is -2.04. The number of nitrogens with one attached hydrogen (secondary N) is 2. The molecule has 1 aromatic carbocycles. The maximum absolute atomic E-state index is 13.0. The predicted octanol–water partition coefficient (Wildman–Crippen LogP) is 2.41. The minimum Gasteiger partial charge on any atom is -0.478 e. The van der Waals surface area contributed by atoms with Gasteiger partial charge < -0.3 is 10.4 Å². The Kier molecular flexibility index (Phi) is 5.50. The molecule has 0 bridgehead atoms. The second-order valence-electron chi connectivity index (χ2n) is 4.54. The summed E-state index contributed by atoms with van der Waals surface area (Å²) in [6.07, 6.45) is 2.77. The molecule has 0 aliphatic heterocycles. The smallest absolute Gasteiger partial charge is 0.339 e. The van der Waals surface area contributed by atoms with Gasteiger partial charge in [-0.2, -0.15) is 5.10 Å². The van der Waals surface area contributed by atoms with Crippen LogP contribution in [0.5, 0.6) is 0 Å². The van der Waals surface area contributed by atoms with Gasteiger partial charge in [0.15, 0.2) is 0 Å². The second-order valence-corrected chi connectivity index (χ2v) is 4.54. The molecule has 1 aromatic heterocycles. The van der Waals surface area contributed by atoms with Gasteiger partial charge in [-0.25, -0.2) is 23.8 Å². The number of rotatable bonds is 5. The van der Waals surface area contributed by atoms with Crippen LogP contribution in [0.15, 0.2) is 41.6 Å². The van der Waals surface area contributed by atoms with Crippen LogP contribution in [0, 0.1) is 11.6 Å². The summed E-state index contributed by atoms with van der Waals surface area (Å²) in [6.45, 7) is 0. The summed E-state index contributed by atoms with van der Waals surface area (Å²) in [7, 11) is 0. The summed E-state index contributed by atoms with van der Waals surface area (Å²) in [5.74, 6) is -2.78. The molecule has 124 valence electrons. The molecule has 9 heteroatoms. The minimum absolute atomic E-state index is 0.0311. The molecule has 0 aliphatic rings. The number of hydrogen-bond acceptors (Lipinski definition) is 4. The van der Waals surface area contributed by atoms with E-state index in [1.54, 1.807) is 0 Å². The van der Waals surface area contributed by atoms with Gasteiger partial charge >= 0.3 is 12.0 Å². The number of pyridine rings is 1. The summed E-state index contributed by atoms with van der Waals surface area (Å²) < 4.78 is 26.0. The maximum Gasteiger partial charge on any atom is 0.339 e. The van der Waals surface area contributed by atoms with E-state index in [1.165, 1.54) is 24.5 Å². The van der Waals surface area contributed by atoms with E-state index in [4.69, 9.17) is 5.11 Å². The van der Waals surface area contributed by atoms with Gasteiger partial charge in [0.2, 0.25) is 0 Å². The molecule has 0 saturated carbocycles. The Morgan fingerprint density at radius 2 is 1.96 bits per heavy atom. The number of carbonyl (C=O) groups is 2. The van der Waals surface area contributed by atoms with Gasteiger partial charge in [0.05, 0.1) is 11.3 Å². The molecule has 3 N–H and O–H groups in total. The van der Waals surface area contributed by atoms with Crippen molar-refractivity contribution in [2.75, 3.05) is 5.32 Å². The lowest BCUT2D eigenvalue weighted by Crippen LogP contribution is -2.24. The quantitative estimate of drug-likeness (QED) is 0.577. The second kappa shape index (κ2) is 7.77. The lowest BCUT2D eigenvalue weighted by molar-refractivity contribution is 0.0695. The van der Waals surface area contributed by atoms with Crippen LogP contribution in [0.25, 0.3) is 0 Å². The fourth-order valence-electron chi connectivity index (χ4n) is 1.82. The number of benzene rings is 1. The zero-order chi connectivity index (χ0) is 17.5. The van der Waals surface area contributed by atoms with E-state index in [2.05, 4.69) is 20.8 Å². The molecule has 2 rings (SSSR count). The normalized spacial score (nSPS) is 10.6. The molecule has 2 aromatic rings. The number of aromatic carboxylic acids is 1. The first kappa shape index (κ1) is 17.0. The largest absolute Gasteiger partial charge is 0.478 e. The van der Waals surface area contributed by atoms with Crippen LogP contribution in [0.1, 0.15) is 16.1 Å². The van der Waals surface area contributed by atoms with Gasteiger partial charge in [-0.15, -0.1) is 0 Å². The molecule has 0 atom stereocenters. The zero-order valence-electron chi connectivity index (χ0n) is 12.2. The Morgan fingerprint density at radius 3 is 2.62 bits per heavy atom. The molecule has 0 fully saturated rings. The van der Waals surface area contributed by atoms with Gasteiger partial charge in [-0.05, 0) is 24.3 Å². The average molecular weight is 334 g/mol. The van der Waals surface area contributed by atoms with Gasteiger partial charge in [-0.3, -0.25) is 4.98 Å². The first-order chi connectivity index (χ1) is 11.5. The minimum atomic E-state index is -1.12. The Hall–Kier alpha value is -3.36. The van der Waals surface area contributed by atoms with Crippen LogP contribution in [-0.4, -0.2) is 28.3 Å². The number of halogens is 2. The van der Waals surface area contributed by atoms with Gasteiger partial charge in [0.25, 0.3) is 0 Å². The van der Waals surface area contributed by atoms with Crippen LogP contribution in [0.2, 0.25) is 0 Å². The summed E-state index contributed by atoms with van der Waals surface area (Å²) in [5, 5.41) is 14.8. The van der Waals surface area contributed by atoms with E-state index in [0.717, 1.165) is 12.1 Å². The number of urea groups is 1. The lowest BCUT2D eigenvalue weighted by atomic mass is 10.1. The van der Waals surface area contributed by atoms with Crippen LogP contribution >= 0.6 is 0 Å². The van der Waals surface area contributed by atoms with Crippen molar-refractivity contribution in [1.82, 2.24) is 10.4 Å². The van der Waals surface area contributed by atoms with Crippen molar-refractivity contribution in [2.45, 2.75) is 6.42 Å². The Labute approximate surface area is 135 Å². The van der Waals surface area contributed by atoms with Gasteiger partial charge in [-0.1, -0.05) is 0 Å². The van der Waals surface area contributed by atoms with E-state index in [1.807, 2.05) is 0 Å². The monoisotopic (exact) mass is 334 g/mol. The number of anilines is 1. The molecule has 24 heavy (non-hydrogen) atoms. The third kappa shape index (κ3) is 4.83. The van der Waals surface area contributed by atoms with Crippen molar-refractivity contribution < 1.29 is 23.5 Å². The van der Waals surface area contributed by atoms with Crippen molar-refractivity contribution in [3.8, 4) is 0 Å². The Balaban J connectivity index is 1.90. The topological polar surface area (TPSA) is 104 Å². The fraction of sp³-hybridized carbons (Fsp3) is 0.0667. The highest BCUT2D eigenvalue weighted by molar-refractivity contribution is 5.90. The van der Waals surface area contributed by atoms with E-state index < -0.39 is 23.6 Å². The highest BCUT2D eigenvalue weighted by Gasteiger charge is 2.09. The van der Waals surface area contributed by atoms with Crippen molar-refractivity contribution in [3.63, 3.8) is 0 Å². The Morgan fingerprint density at radius 1 is 1.25 bits per heavy atom. The standard InChI is InChI=1S/C15H12F2N4O3/c16-9-6-10(17)8-11(7-9)20-15(24)21-19-5-3-13-12(14(22)23)2-1-4-18-13/h1-2,4-8H,3H2,(H,22,23)(H2,20,21,24). The highest BCUT2D eigenvalue weighted by atomic mass is 19.1.